The lowest BCUT2D eigenvalue weighted by Gasteiger charge is -2.13. The van der Waals surface area contributed by atoms with E-state index in [2.05, 4.69) is 17.9 Å². The van der Waals surface area contributed by atoms with Crippen LogP contribution in [0.3, 0.4) is 0 Å². The Morgan fingerprint density at radius 1 is 0.625 bits per heavy atom. The van der Waals surface area contributed by atoms with Gasteiger partial charge in [-0.2, -0.15) is 10.5 Å². The number of hydrogen-bond acceptors (Lipinski definition) is 4. The summed E-state index contributed by atoms with van der Waals surface area (Å²) < 4.78 is 11.0. The van der Waals surface area contributed by atoms with Gasteiger partial charge in [0.15, 0.2) is 6.07 Å². The molecule has 4 rings (SSSR count). The third kappa shape index (κ3) is 3.50. The maximum Gasteiger partial charge on any atom is 0.152 e. The molecule has 0 radical (unpaired) electrons. The molecule has 0 atom stereocenters. The average molecular weight is 414 g/mol. The first-order valence-electron chi connectivity index (χ1n) is 9.90. The van der Waals surface area contributed by atoms with E-state index >= 15 is 0 Å². The molecule has 0 saturated heterocycles. The molecule has 0 amide bonds. The van der Waals surface area contributed by atoms with Crippen LogP contribution in [-0.2, 0) is 0 Å². The van der Waals surface area contributed by atoms with Gasteiger partial charge in [0, 0.05) is 22.3 Å². The second-order valence-corrected chi connectivity index (χ2v) is 6.95. The molecular formula is C28H18N2O2. The minimum Gasteiger partial charge on any atom is -0.496 e. The van der Waals surface area contributed by atoms with E-state index in [4.69, 9.17) is 14.7 Å². The van der Waals surface area contributed by atoms with E-state index in [1.807, 2.05) is 78.9 Å². The van der Waals surface area contributed by atoms with Crippen molar-refractivity contribution >= 4 is 32.7 Å². The second kappa shape index (κ2) is 8.97. The lowest BCUT2D eigenvalue weighted by atomic mass is 9.89. The van der Waals surface area contributed by atoms with Gasteiger partial charge in [-0.15, -0.1) is 0 Å². The third-order valence-electron chi connectivity index (χ3n) is 5.35. The quantitative estimate of drug-likeness (QED) is 0.234. The van der Waals surface area contributed by atoms with E-state index < -0.39 is 0 Å². The van der Waals surface area contributed by atoms with E-state index in [1.165, 1.54) is 0 Å². The second-order valence-electron chi connectivity index (χ2n) is 6.95. The van der Waals surface area contributed by atoms with Gasteiger partial charge in [-0.1, -0.05) is 60.7 Å². The van der Waals surface area contributed by atoms with Crippen LogP contribution in [0, 0.1) is 34.5 Å². The summed E-state index contributed by atoms with van der Waals surface area (Å²) in [6, 6.07) is 27.2. The van der Waals surface area contributed by atoms with Crippen LogP contribution < -0.4 is 9.47 Å². The van der Waals surface area contributed by atoms with Crippen LogP contribution >= 0.6 is 0 Å². The van der Waals surface area contributed by atoms with E-state index in [0.717, 1.165) is 44.2 Å². The number of nitrogens with zero attached hydrogens (tertiary/aromatic N) is 2. The number of nitriles is 2. The topological polar surface area (TPSA) is 66.0 Å². The van der Waals surface area contributed by atoms with E-state index in [-0.39, 0.29) is 0 Å². The monoisotopic (exact) mass is 414 g/mol. The molecule has 4 nitrogen and oxygen atoms in total. The van der Waals surface area contributed by atoms with Gasteiger partial charge in [0.2, 0.25) is 0 Å². The van der Waals surface area contributed by atoms with Crippen molar-refractivity contribution in [2.75, 3.05) is 14.2 Å². The number of hydrogen-bond donors (Lipinski definition) is 0. The molecule has 0 aliphatic rings. The molecule has 0 N–H and O–H groups in total. The van der Waals surface area contributed by atoms with E-state index in [1.54, 1.807) is 14.2 Å². The van der Waals surface area contributed by atoms with Gasteiger partial charge < -0.3 is 9.47 Å². The molecule has 152 valence electrons. The fraction of sp³-hybridized carbons (Fsp3) is 0.0714. The molecule has 0 fully saturated rings. The number of ether oxygens (including phenoxy) is 2. The van der Waals surface area contributed by atoms with Gasteiger partial charge >= 0.3 is 0 Å². The highest BCUT2D eigenvalue weighted by Gasteiger charge is 2.17. The van der Waals surface area contributed by atoms with Gasteiger partial charge in [-0.05, 0) is 34.4 Å². The number of rotatable bonds is 4. The molecule has 0 spiro atoms. The molecule has 0 saturated carbocycles. The highest BCUT2D eigenvalue weighted by atomic mass is 16.5. The zero-order chi connectivity index (χ0) is 22.5. The first kappa shape index (κ1) is 20.5. The Balaban J connectivity index is 2.12. The summed E-state index contributed by atoms with van der Waals surface area (Å²) in [5.41, 5.74) is 2.37. The molecule has 0 heterocycles. The van der Waals surface area contributed by atoms with Gasteiger partial charge in [-0.25, -0.2) is 0 Å². The van der Waals surface area contributed by atoms with Crippen LogP contribution in [0.15, 0.2) is 72.8 Å². The SMILES string of the molecule is COc1cccc2c(/C(C#N)=C(\C#CC#N)c3cccc4c(OC)cccc34)cccc12. The predicted octanol–water partition coefficient (Wildman–Crippen LogP) is 5.97. The largest absolute Gasteiger partial charge is 0.496 e. The highest BCUT2D eigenvalue weighted by Crippen LogP contribution is 2.37. The van der Waals surface area contributed by atoms with Crippen LogP contribution in [0.25, 0.3) is 32.7 Å². The van der Waals surface area contributed by atoms with Gasteiger partial charge in [0.1, 0.15) is 17.6 Å². The molecule has 4 heteroatoms. The van der Waals surface area contributed by atoms with Crippen molar-refractivity contribution in [1.29, 1.82) is 10.5 Å². The Morgan fingerprint density at radius 3 is 1.56 bits per heavy atom. The third-order valence-corrected chi connectivity index (χ3v) is 5.35. The molecule has 0 unspecified atom stereocenters. The van der Waals surface area contributed by atoms with Crippen molar-refractivity contribution in [3.8, 4) is 35.5 Å². The van der Waals surface area contributed by atoms with Crippen molar-refractivity contribution in [2.24, 2.45) is 0 Å². The Labute approximate surface area is 186 Å². The highest BCUT2D eigenvalue weighted by molar-refractivity contribution is 6.14. The summed E-state index contributed by atoms with van der Waals surface area (Å²) in [5, 5.41) is 23.0. The molecule has 32 heavy (non-hydrogen) atoms. The van der Waals surface area contributed by atoms with Crippen LogP contribution in [0.2, 0.25) is 0 Å². The van der Waals surface area contributed by atoms with Crippen LogP contribution in [0.1, 0.15) is 11.1 Å². The number of allylic oxidation sites excluding steroid dienone is 2. The summed E-state index contributed by atoms with van der Waals surface area (Å²) in [4.78, 5) is 0. The maximum atomic E-state index is 10.3. The lowest BCUT2D eigenvalue weighted by molar-refractivity contribution is 0.419. The van der Waals surface area contributed by atoms with Gasteiger partial charge in [-0.3, -0.25) is 0 Å². The average Bonchev–Trinajstić information content (AvgIpc) is 2.85. The zero-order valence-corrected chi connectivity index (χ0v) is 17.6. The standard InChI is InChI=1S/C28H18N2O2/c1-31-27-15-5-10-20-19(8-3-12-24(20)27)23(14-7-17-29)26(18-30)22-9-4-13-25-21(22)11-6-16-28(25)32-2/h3-6,8-13,15-16H,1-2H3/b26-23+. The van der Waals surface area contributed by atoms with Crippen molar-refractivity contribution < 1.29 is 9.47 Å². The Hall–Kier alpha value is -4.72. The maximum absolute atomic E-state index is 10.3. The van der Waals surface area contributed by atoms with Crippen molar-refractivity contribution in [1.82, 2.24) is 0 Å². The molecule has 4 aromatic rings. The lowest BCUT2D eigenvalue weighted by Crippen LogP contribution is -1.94. The predicted molar refractivity (Wildman–Crippen MR) is 127 cm³/mol. The summed E-state index contributed by atoms with van der Waals surface area (Å²) >= 11 is 0. The normalized spacial score (nSPS) is 11.0. The van der Waals surface area contributed by atoms with Gasteiger partial charge in [0.05, 0.1) is 25.4 Å². The Morgan fingerprint density at radius 2 is 1.09 bits per heavy atom. The molecule has 0 bridgehead atoms. The number of methoxy groups -OCH3 is 2. The van der Waals surface area contributed by atoms with Crippen LogP contribution in [-0.4, -0.2) is 14.2 Å². The fourth-order valence-electron chi connectivity index (χ4n) is 3.96. The minimum absolute atomic E-state index is 0.391. The van der Waals surface area contributed by atoms with Gasteiger partial charge in [0.25, 0.3) is 0 Å². The van der Waals surface area contributed by atoms with E-state index in [0.29, 0.717) is 11.1 Å². The molecule has 4 aromatic carbocycles. The van der Waals surface area contributed by atoms with Crippen molar-refractivity contribution in [3.63, 3.8) is 0 Å². The summed E-state index contributed by atoms with van der Waals surface area (Å²) in [7, 11) is 3.24. The van der Waals surface area contributed by atoms with Crippen LogP contribution in [0.5, 0.6) is 11.5 Å². The summed E-state index contributed by atoms with van der Waals surface area (Å²) in [6.45, 7) is 0. The van der Waals surface area contributed by atoms with Crippen molar-refractivity contribution in [2.45, 2.75) is 0 Å². The van der Waals surface area contributed by atoms with E-state index in [9.17, 15) is 5.26 Å². The molecule has 0 aromatic heterocycles. The molecule has 0 aliphatic heterocycles. The molecular weight excluding hydrogens is 396 g/mol. The summed E-state index contributed by atoms with van der Waals surface area (Å²) in [6.07, 6.45) is 0. The Kier molecular flexibility index (Phi) is 5.76. The smallest absolute Gasteiger partial charge is 0.152 e. The first-order valence-corrected chi connectivity index (χ1v) is 9.90. The number of benzene rings is 4. The van der Waals surface area contributed by atoms with Crippen molar-refractivity contribution in [3.05, 3.63) is 83.9 Å². The summed E-state index contributed by atoms with van der Waals surface area (Å²) in [5.74, 6) is 6.87. The first-order chi connectivity index (χ1) is 15.7. The minimum atomic E-state index is 0.391. The Bertz CT molecular complexity index is 1520. The zero-order valence-electron chi connectivity index (χ0n) is 17.6. The van der Waals surface area contributed by atoms with Crippen LogP contribution in [0.4, 0.5) is 0 Å². The fourth-order valence-corrected chi connectivity index (χ4v) is 3.96. The number of fused-ring (bicyclic) bond motifs is 2. The molecule has 0 aliphatic carbocycles.